The van der Waals surface area contributed by atoms with Crippen molar-refractivity contribution < 1.29 is 18.3 Å². The monoisotopic (exact) mass is 418 g/mol. The summed E-state index contributed by atoms with van der Waals surface area (Å²) >= 11 is 0. The molecule has 2 aromatic carbocycles. The van der Waals surface area contributed by atoms with E-state index in [4.69, 9.17) is 14.9 Å². The number of hydrogen-bond donors (Lipinski definition) is 1. The topological polar surface area (TPSA) is 114 Å². The maximum atomic E-state index is 14.7. The number of halogens is 2. The maximum Gasteiger partial charge on any atom is 0.215 e. The number of ether oxygens (including phenoxy) is 2. The molecule has 0 aromatic heterocycles. The molecule has 2 aliphatic heterocycles. The Kier molecular flexibility index (Phi) is 4.54. The van der Waals surface area contributed by atoms with Crippen LogP contribution in [-0.4, -0.2) is 11.7 Å². The molecule has 6 nitrogen and oxygen atoms in total. The molecule has 2 aromatic rings. The summed E-state index contributed by atoms with van der Waals surface area (Å²) in [6.45, 7) is 1.48. The van der Waals surface area contributed by atoms with Gasteiger partial charge < -0.3 is 9.47 Å². The van der Waals surface area contributed by atoms with Crippen LogP contribution >= 0.6 is 0 Å². The molecule has 4 unspecified atom stereocenters. The van der Waals surface area contributed by atoms with E-state index >= 15 is 0 Å². The molecule has 0 amide bonds. The highest BCUT2D eigenvalue weighted by Crippen LogP contribution is 2.67. The molecule has 1 N–H and O–H groups in total. The summed E-state index contributed by atoms with van der Waals surface area (Å²) in [5.74, 6) is -4.84. The van der Waals surface area contributed by atoms with Crippen LogP contribution in [0.15, 0.2) is 48.5 Å². The van der Waals surface area contributed by atoms with Gasteiger partial charge in [0.05, 0.1) is 24.1 Å². The van der Waals surface area contributed by atoms with Gasteiger partial charge in [-0.2, -0.15) is 15.8 Å². The third kappa shape index (κ3) is 2.57. The Morgan fingerprint density at radius 1 is 1.03 bits per heavy atom. The van der Waals surface area contributed by atoms with Gasteiger partial charge >= 0.3 is 0 Å². The van der Waals surface area contributed by atoms with Crippen molar-refractivity contribution in [2.75, 3.05) is 0 Å². The molecular formula is C23H16F2N4O2. The molecule has 2 fully saturated rings. The molecule has 154 valence electrons. The number of benzene rings is 2. The SMILES string of the molecule is CC12OC(=N)C(C#N)(C1Cc1ccccc1)C(C#N)(C#N)C(c1cc(F)ccc1F)O2. The average Bonchev–Trinajstić information content (AvgIpc) is 2.92. The minimum atomic E-state index is -2.36. The highest BCUT2D eigenvalue weighted by atomic mass is 19.1. The van der Waals surface area contributed by atoms with Crippen LogP contribution in [0.5, 0.6) is 0 Å². The first-order chi connectivity index (χ1) is 14.8. The Labute approximate surface area is 177 Å². The van der Waals surface area contributed by atoms with Gasteiger partial charge in [-0.3, -0.25) is 5.41 Å². The lowest BCUT2D eigenvalue weighted by atomic mass is 9.52. The van der Waals surface area contributed by atoms with Crippen molar-refractivity contribution in [3.63, 3.8) is 0 Å². The molecule has 8 heteroatoms. The summed E-state index contributed by atoms with van der Waals surface area (Å²) in [6.07, 6.45) is -1.49. The van der Waals surface area contributed by atoms with E-state index in [0.717, 1.165) is 23.8 Å². The van der Waals surface area contributed by atoms with Crippen molar-refractivity contribution in [2.45, 2.75) is 25.2 Å². The zero-order chi connectivity index (χ0) is 22.4. The van der Waals surface area contributed by atoms with Gasteiger partial charge in [0.2, 0.25) is 17.1 Å². The number of hydrogen-bond acceptors (Lipinski definition) is 6. The average molecular weight is 418 g/mol. The van der Waals surface area contributed by atoms with E-state index in [2.05, 4.69) is 0 Å². The number of rotatable bonds is 3. The third-order valence-corrected chi connectivity index (χ3v) is 6.24. The van der Waals surface area contributed by atoms with E-state index in [1.54, 1.807) is 24.3 Å². The van der Waals surface area contributed by atoms with Crippen molar-refractivity contribution in [2.24, 2.45) is 16.7 Å². The lowest BCUT2D eigenvalue weighted by Crippen LogP contribution is -2.59. The Bertz CT molecular complexity index is 1180. The standard InChI is InChI=1S/C23H16F2N4O2/c1-21-18(9-14-5-3-2-4-6-14)23(13-28,20(29)31-21)22(11-26,12-27)19(30-21)16-10-15(24)7-8-17(16)25/h2-8,10,18-19,29H,9H2,1H3. The van der Waals surface area contributed by atoms with E-state index in [1.165, 1.54) is 6.92 Å². The molecule has 2 bridgehead atoms. The van der Waals surface area contributed by atoms with E-state index in [9.17, 15) is 24.6 Å². The first-order valence-corrected chi connectivity index (χ1v) is 9.46. The van der Waals surface area contributed by atoms with E-state index in [-0.39, 0.29) is 12.0 Å². The van der Waals surface area contributed by atoms with Crippen LogP contribution in [0.2, 0.25) is 0 Å². The molecule has 2 saturated heterocycles. The van der Waals surface area contributed by atoms with E-state index in [0.29, 0.717) is 0 Å². The Morgan fingerprint density at radius 2 is 1.71 bits per heavy atom. The predicted octanol–water partition coefficient (Wildman–Crippen LogP) is 4.16. The minimum Gasteiger partial charge on any atom is -0.448 e. The Balaban J connectivity index is 1.98. The summed E-state index contributed by atoms with van der Waals surface area (Å²) in [5.41, 5.74) is -4.03. The molecule has 0 spiro atoms. The van der Waals surface area contributed by atoms with E-state index in [1.807, 2.05) is 24.3 Å². The summed E-state index contributed by atoms with van der Waals surface area (Å²) in [4.78, 5) is 0. The quantitative estimate of drug-likeness (QED) is 0.804. The van der Waals surface area contributed by atoms with Crippen LogP contribution in [0, 0.1) is 67.8 Å². The smallest absolute Gasteiger partial charge is 0.215 e. The molecule has 2 aliphatic rings. The number of nitrogens with zero attached hydrogens (tertiary/aromatic N) is 3. The third-order valence-electron chi connectivity index (χ3n) is 6.24. The van der Waals surface area contributed by atoms with Gasteiger partial charge in [0.25, 0.3) is 0 Å². The fraction of sp³-hybridized carbons (Fsp3) is 0.304. The maximum absolute atomic E-state index is 14.7. The van der Waals surface area contributed by atoms with Crippen LogP contribution in [0.4, 0.5) is 8.78 Å². The second-order valence-electron chi connectivity index (χ2n) is 7.80. The molecule has 0 saturated carbocycles. The molecule has 0 aliphatic carbocycles. The Hall–Kier alpha value is -3.80. The van der Waals surface area contributed by atoms with Crippen LogP contribution in [0.25, 0.3) is 0 Å². The number of nitriles is 3. The summed E-state index contributed by atoms with van der Waals surface area (Å²) < 4.78 is 40.3. The van der Waals surface area contributed by atoms with Crippen LogP contribution in [0.1, 0.15) is 24.2 Å². The largest absolute Gasteiger partial charge is 0.448 e. The van der Waals surface area contributed by atoms with Gasteiger partial charge in [0.1, 0.15) is 17.7 Å². The molecule has 4 atom stereocenters. The van der Waals surface area contributed by atoms with Gasteiger partial charge in [-0.05, 0) is 30.2 Å². The second kappa shape index (κ2) is 6.87. The van der Waals surface area contributed by atoms with Gasteiger partial charge in [-0.1, -0.05) is 30.3 Å². The first kappa shape index (κ1) is 20.5. The highest BCUT2D eigenvalue weighted by Gasteiger charge is 2.79. The van der Waals surface area contributed by atoms with Crippen molar-refractivity contribution in [1.29, 1.82) is 21.2 Å². The minimum absolute atomic E-state index is 0.163. The zero-order valence-corrected chi connectivity index (χ0v) is 16.4. The van der Waals surface area contributed by atoms with Crippen molar-refractivity contribution in [1.82, 2.24) is 0 Å². The zero-order valence-electron chi connectivity index (χ0n) is 16.4. The Morgan fingerprint density at radius 3 is 2.32 bits per heavy atom. The lowest BCUT2D eigenvalue weighted by Gasteiger charge is -2.48. The van der Waals surface area contributed by atoms with Gasteiger partial charge in [-0.25, -0.2) is 8.78 Å². The molecular weight excluding hydrogens is 402 g/mol. The molecule has 31 heavy (non-hydrogen) atoms. The lowest BCUT2D eigenvalue weighted by molar-refractivity contribution is -0.273. The van der Waals surface area contributed by atoms with Crippen LogP contribution in [-0.2, 0) is 15.9 Å². The summed E-state index contributed by atoms with van der Waals surface area (Å²) in [6, 6.07) is 17.2. The molecule has 2 heterocycles. The first-order valence-electron chi connectivity index (χ1n) is 9.46. The van der Waals surface area contributed by atoms with Crippen LogP contribution in [0.3, 0.4) is 0 Å². The fourth-order valence-electron chi connectivity index (χ4n) is 4.73. The van der Waals surface area contributed by atoms with Gasteiger partial charge in [0.15, 0.2) is 5.41 Å². The number of fused-ring (bicyclic) bond motifs is 2. The predicted molar refractivity (Wildman–Crippen MR) is 103 cm³/mol. The van der Waals surface area contributed by atoms with E-state index < -0.39 is 46.2 Å². The fourth-order valence-corrected chi connectivity index (χ4v) is 4.73. The van der Waals surface area contributed by atoms with Crippen molar-refractivity contribution >= 4 is 5.90 Å². The molecule has 0 radical (unpaired) electrons. The summed E-state index contributed by atoms with van der Waals surface area (Å²) in [5, 5.41) is 39.1. The van der Waals surface area contributed by atoms with Crippen molar-refractivity contribution in [3.8, 4) is 18.2 Å². The van der Waals surface area contributed by atoms with Gasteiger partial charge in [0, 0.05) is 12.5 Å². The van der Waals surface area contributed by atoms with Crippen LogP contribution < -0.4 is 0 Å². The van der Waals surface area contributed by atoms with Gasteiger partial charge in [-0.15, -0.1) is 0 Å². The normalized spacial score (nSPS) is 30.5. The number of nitrogens with one attached hydrogen (secondary N) is 1. The molecule has 4 rings (SSSR count). The van der Waals surface area contributed by atoms with Crippen molar-refractivity contribution in [3.05, 3.63) is 71.3 Å². The summed E-state index contributed by atoms with van der Waals surface area (Å²) in [7, 11) is 0. The second-order valence-corrected chi connectivity index (χ2v) is 7.80. The highest BCUT2D eigenvalue weighted by molar-refractivity contribution is 5.89.